The van der Waals surface area contributed by atoms with Gasteiger partial charge in [-0.05, 0) is 14.1 Å². The fourth-order valence-corrected chi connectivity index (χ4v) is 1.01. The molecule has 0 aromatic heterocycles. The molecule has 0 aliphatic carbocycles. The average molecular weight is 242 g/mol. The number of nitrogens with one attached hydrogen (secondary N) is 1. The van der Waals surface area contributed by atoms with E-state index in [4.69, 9.17) is 10.9 Å². The van der Waals surface area contributed by atoms with E-state index in [1.54, 1.807) is 0 Å². The third-order valence-electron chi connectivity index (χ3n) is 1.95. The summed E-state index contributed by atoms with van der Waals surface area (Å²) in [7, 11) is 3.62. The Bertz CT molecular complexity index is 230. The van der Waals surface area contributed by atoms with Crippen molar-refractivity contribution in [2.24, 2.45) is 16.8 Å². The molecule has 0 amide bonds. The van der Waals surface area contributed by atoms with Crippen LogP contribution in [0.1, 0.15) is 0 Å². The van der Waals surface area contributed by atoms with Crippen molar-refractivity contribution in [3.63, 3.8) is 0 Å². The molecule has 0 spiro atoms. The van der Waals surface area contributed by atoms with Crippen LogP contribution >= 0.6 is 0 Å². The van der Waals surface area contributed by atoms with Crippen molar-refractivity contribution in [1.29, 1.82) is 0 Å². The fourth-order valence-electron chi connectivity index (χ4n) is 1.01. The molecular formula is C8H17F3N4O. The lowest BCUT2D eigenvalue weighted by atomic mass is 10.1. The molecule has 1 atom stereocenters. The van der Waals surface area contributed by atoms with Crippen molar-refractivity contribution in [1.82, 2.24) is 10.2 Å². The highest BCUT2D eigenvalue weighted by molar-refractivity contribution is 5.83. The molecule has 0 fully saturated rings. The minimum absolute atomic E-state index is 0.396. The van der Waals surface area contributed by atoms with Gasteiger partial charge in [0.2, 0.25) is 0 Å². The molecule has 1 unspecified atom stereocenters. The molecule has 0 saturated heterocycles. The summed E-state index contributed by atoms with van der Waals surface area (Å²) in [4.78, 5) is 1.83. The fraction of sp³-hybridized carbons (Fsp3) is 0.875. The van der Waals surface area contributed by atoms with E-state index >= 15 is 0 Å². The number of alkyl halides is 3. The summed E-state index contributed by atoms with van der Waals surface area (Å²) in [5.74, 6) is -2.79. The summed E-state index contributed by atoms with van der Waals surface area (Å²) in [6.45, 7) is 0.617. The van der Waals surface area contributed by atoms with Gasteiger partial charge in [-0.3, -0.25) is 0 Å². The zero-order valence-electron chi connectivity index (χ0n) is 9.25. The Morgan fingerprint density at radius 2 is 2.06 bits per heavy atom. The minimum atomic E-state index is -4.51. The van der Waals surface area contributed by atoms with Crippen LogP contribution in [0.4, 0.5) is 13.2 Å². The number of oxime groups is 1. The zero-order valence-corrected chi connectivity index (χ0v) is 9.25. The predicted octanol–water partition coefficient (Wildman–Crippen LogP) is 0.0625. The van der Waals surface area contributed by atoms with E-state index in [9.17, 15) is 13.2 Å². The van der Waals surface area contributed by atoms with Crippen molar-refractivity contribution in [3.8, 4) is 0 Å². The SMILES string of the molecule is CN(C)CCNCC(C(N)=NO)C(F)(F)F. The van der Waals surface area contributed by atoms with Crippen molar-refractivity contribution in [2.45, 2.75) is 6.18 Å². The van der Waals surface area contributed by atoms with E-state index in [2.05, 4.69) is 10.5 Å². The third-order valence-corrected chi connectivity index (χ3v) is 1.95. The Labute approximate surface area is 92.1 Å². The first-order valence-corrected chi connectivity index (χ1v) is 4.68. The van der Waals surface area contributed by atoms with Gasteiger partial charge in [-0.25, -0.2) is 0 Å². The van der Waals surface area contributed by atoms with Crippen LogP contribution in [0.3, 0.4) is 0 Å². The molecule has 0 bridgehead atoms. The van der Waals surface area contributed by atoms with Crippen molar-refractivity contribution in [2.75, 3.05) is 33.7 Å². The predicted molar refractivity (Wildman–Crippen MR) is 54.4 cm³/mol. The minimum Gasteiger partial charge on any atom is -0.409 e. The van der Waals surface area contributed by atoms with Crippen LogP contribution in [-0.2, 0) is 0 Å². The number of halogens is 3. The van der Waals surface area contributed by atoms with Crippen LogP contribution in [0.2, 0.25) is 0 Å². The molecule has 0 heterocycles. The summed E-state index contributed by atoms with van der Waals surface area (Å²) in [5, 5.41) is 13.2. The molecule has 16 heavy (non-hydrogen) atoms. The van der Waals surface area contributed by atoms with Crippen LogP contribution < -0.4 is 11.1 Å². The molecule has 0 saturated carbocycles. The quantitative estimate of drug-likeness (QED) is 0.202. The van der Waals surface area contributed by atoms with Gasteiger partial charge >= 0.3 is 6.18 Å². The molecule has 0 rings (SSSR count). The van der Waals surface area contributed by atoms with Crippen LogP contribution in [0.25, 0.3) is 0 Å². The van der Waals surface area contributed by atoms with Crippen molar-refractivity contribution < 1.29 is 18.4 Å². The van der Waals surface area contributed by atoms with Crippen LogP contribution in [0.5, 0.6) is 0 Å². The number of nitrogens with zero attached hydrogens (tertiary/aromatic N) is 2. The average Bonchev–Trinajstić information content (AvgIpc) is 2.14. The number of rotatable bonds is 6. The molecule has 0 aromatic carbocycles. The van der Waals surface area contributed by atoms with Crippen LogP contribution in [0.15, 0.2) is 5.16 Å². The highest BCUT2D eigenvalue weighted by atomic mass is 19.4. The summed E-state index contributed by atoms with van der Waals surface area (Å²) in [5.41, 5.74) is 4.97. The number of hydrogen-bond donors (Lipinski definition) is 3. The Kier molecular flexibility index (Phi) is 6.12. The number of hydrogen-bond acceptors (Lipinski definition) is 4. The number of amidine groups is 1. The Balaban J connectivity index is 4.15. The van der Waals surface area contributed by atoms with Gasteiger partial charge in [-0.2, -0.15) is 13.2 Å². The maximum atomic E-state index is 12.4. The Hall–Kier alpha value is -1.02. The van der Waals surface area contributed by atoms with Crippen molar-refractivity contribution >= 4 is 5.84 Å². The highest BCUT2D eigenvalue weighted by Gasteiger charge is 2.42. The summed E-state index contributed by atoms with van der Waals surface area (Å²) < 4.78 is 37.3. The Morgan fingerprint density at radius 1 is 1.50 bits per heavy atom. The topological polar surface area (TPSA) is 73.9 Å². The molecule has 0 aromatic rings. The van der Waals surface area contributed by atoms with Gasteiger partial charge in [-0.15, -0.1) is 0 Å². The number of likely N-dealkylation sites (N-methyl/N-ethyl adjacent to an activating group) is 1. The van der Waals surface area contributed by atoms with E-state index in [1.807, 2.05) is 19.0 Å². The molecule has 0 aliphatic rings. The largest absolute Gasteiger partial charge is 0.409 e. The first-order chi connectivity index (χ1) is 7.29. The van der Waals surface area contributed by atoms with Gasteiger partial charge in [0.25, 0.3) is 0 Å². The van der Waals surface area contributed by atoms with Gasteiger partial charge in [0.05, 0.1) is 0 Å². The van der Waals surface area contributed by atoms with Crippen molar-refractivity contribution in [3.05, 3.63) is 0 Å². The third kappa shape index (κ3) is 5.76. The second-order valence-corrected chi connectivity index (χ2v) is 3.63. The summed E-state index contributed by atoms with van der Waals surface area (Å²) >= 11 is 0. The molecule has 96 valence electrons. The maximum Gasteiger partial charge on any atom is 0.400 e. The summed E-state index contributed by atoms with van der Waals surface area (Å²) in [6, 6.07) is 0. The molecule has 5 nitrogen and oxygen atoms in total. The first-order valence-electron chi connectivity index (χ1n) is 4.68. The molecule has 8 heteroatoms. The molecule has 4 N–H and O–H groups in total. The molecule has 0 radical (unpaired) electrons. The van der Waals surface area contributed by atoms with Gasteiger partial charge in [0, 0.05) is 19.6 Å². The maximum absolute atomic E-state index is 12.4. The van der Waals surface area contributed by atoms with Gasteiger partial charge in [0.15, 0.2) is 5.84 Å². The van der Waals surface area contributed by atoms with Gasteiger partial charge < -0.3 is 21.2 Å². The lowest BCUT2D eigenvalue weighted by molar-refractivity contribution is -0.154. The normalized spacial score (nSPS) is 15.5. The van der Waals surface area contributed by atoms with E-state index in [0.29, 0.717) is 13.1 Å². The number of nitrogens with two attached hydrogens (primary N) is 1. The lowest BCUT2D eigenvalue weighted by Gasteiger charge is -2.19. The summed E-state index contributed by atoms with van der Waals surface area (Å²) in [6.07, 6.45) is -4.51. The monoisotopic (exact) mass is 242 g/mol. The second kappa shape index (κ2) is 6.54. The lowest BCUT2D eigenvalue weighted by Crippen LogP contribution is -2.43. The van der Waals surface area contributed by atoms with Gasteiger partial charge in [0.1, 0.15) is 5.92 Å². The highest BCUT2D eigenvalue weighted by Crippen LogP contribution is 2.25. The standard InChI is InChI=1S/C8H17F3N4O/c1-15(2)4-3-13-5-6(7(12)14-16)8(9,10)11/h6,13,16H,3-5H2,1-2H3,(H2,12,14). The van der Waals surface area contributed by atoms with E-state index < -0.39 is 24.5 Å². The van der Waals surface area contributed by atoms with E-state index in [0.717, 1.165) is 0 Å². The van der Waals surface area contributed by atoms with E-state index in [-0.39, 0.29) is 0 Å². The van der Waals surface area contributed by atoms with Gasteiger partial charge in [-0.1, -0.05) is 5.16 Å². The van der Waals surface area contributed by atoms with Crippen LogP contribution in [0, 0.1) is 5.92 Å². The molecular weight excluding hydrogens is 225 g/mol. The smallest absolute Gasteiger partial charge is 0.400 e. The van der Waals surface area contributed by atoms with Crippen LogP contribution in [-0.4, -0.2) is 55.8 Å². The second-order valence-electron chi connectivity index (χ2n) is 3.63. The molecule has 0 aliphatic heterocycles. The van der Waals surface area contributed by atoms with E-state index in [1.165, 1.54) is 0 Å². The first kappa shape index (κ1) is 15.0. The Morgan fingerprint density at radius 3 is 2.44 bits per heavy atom. The zero-order chi connectivity index (χ0) is 12.8.